The van der Waals surface area contributed by atoms with Crippen molar-refractivity contribution >= 4 is 8.07 Å². The molecule has 0 bridgehead atoms. The lowest BCUT2D eigenvalue weighted by Crippen LogP contribution is -2.27. The number of rotatable bonds is 9. The molecule has 0 aromatic heterocycles. The van der Waals surface area contributed by atoms with E-state index in [4.69, 9.17) is 0 Å². The number of hydrogen-bond donors (Lipinski definition) is 0. The topological polar surface area (TPSA) is 3.24 Å². The third-order valence-corrected chi connectivity index (χ3v) is 5.83. The van der Waals surface area contributed by atoms with Gasteiger partial charge in [0.05, 0.1) is 8.07 Å². The summed E-state index contributed by atoms with van der Waals surface area (Å²) in [5.74, 6) is 0. The predicted molar refractivity (Wildman–Crippen MR) is 78.7 cm³/mol. The van der Waals surface area contributed by atoms with Crippen molar-refractivity contribution in [3.63, 3.8) is 0 Å². The fraction of sp³-hybridized carbons (Fsp3) is 0.857. The molecular weight excluding hydrogens is 210 g/mol. The first kappa shape index (κ1) is 15.9. The molecule has 2 heteroatoms. The third-order valence-electron chi connectivity index (χ3n) is 2.91. The molecular formula is C14H31NSi. The fourth-order valence-electron chi connectivity index (χ4n) is 2.18. The van der Waals surface area contributed by atoms with Crippen molar-refractivity contribution in [2.75, 3.05) is 19.6 Å². The van der Waals surface area contributed by atoms with Crippen LogP contribution in [-0.2, 0) is 0 Å². The molecule has 0 heterocycles. The minimum Gasteiger partial charge on any atom is -0.300 e. The Kier molecular flexibility index (Phi) is 8.95. The Labute approximate surface area is 104 Å². The molecule has 0 amide bonds. The normalized spacial score (nSPS) is 12.9. The van der Waals surface area contributed by atoms with Gasteiger partial charge in [0.25, 0.3) is 0 Å². The van der Waals surface area contributed by atoms with Crippen molar-refractivity contribution in [1.82, 2.24) is 4.90 Å². The predicted octanol–water partition coefficient (Wildman–Crippen LogP) is 4.32. The van der Waals surface area contributed by atoms with Gasteiger partial charge in [-0.1, -0.05) is 58.1 Å². The van der Waals surface area contributed by atoms with Crippen molar-refractivity contribution in [3.8, 4) is 0 Å². The maximum atomic E-state index is 2.56. The van der Waals surface area contributed by atoms with Gasteiger partial charge in [-0.05, 0) is 25.9 Å². The lowest BCUT2D eigenvalue weighted by Gasteiger charge is -2.20. The number of nitrogens with zero attached hydrogens (tertiary/aromatic N) is 1. The van der Waals surface area contributed by atoms with Gasteiger partial charge in [0, 0.05) is 6.54 Å². The minimum atomic E-state index is -1.02. The van der Waals surface area contributed by atoms with Gasteiger partial charge < -0.3 is 0 Å². The van der Waals surface area contributed by atoms with E-state index in [0.29, 0.717) is 0 Å². The van der Waals surface area contributed by atoms with Crippen LogP contribution in [0, 0.1) is 0 Å². The third kappa shape index (κ3) is 8.11. The lowest BCUT2D eigenvalue weighted by molar-refractivity contribution is 0.304. The highest BCUT2D eigenvalue weighted by molar-refractivity contribution is 6.82. The van der Waals surface area contributed by atoms with E-state index in [9.17, 15) is 0 Å². The van der Waals surface area contributed by atoms with Crippen LogP contribution in [0.15, 0.2) is 11.8 Å². The van der Waals surface area contributed by atoms with Crippen molar-refractivity contribution < 1.29 is 0 Å². The molecule has 0 radical (unpaired) electrons. The molecule has 0 saturated heterocycles. The van der Waals surface area contributed by atoms with Crippen molar-refractivity contribution in [2.45, 2.75) is 59.2 Å². The molecule has 0 rings (SSSR count). The largest absolute Gasteiger partial charge is 0.300 e. The average Bonchev–Trinajstić information content (AvgIpc) is 2.18. The molecule has 16 heavy (non-hydrogen) atoms. The van der Waals surface area contributed by atoms with E-state index in [1.807, 2.05) is 0 Å². The second-order valence-corrected chi connectivity index (χ2v) is 10.3. The molecule has 0 fully saturated rings. The van der Waals surface area contributed by atoms with Gasteiger partial charge in [-0.25, -0.2) is 0 Å². The van der Waals surface area contributed by atoms with Crippen LogP contribution in [0.4, 0.5) is 0 Å². The molecule has 0 aliphatic rings. The Balaban J connectivity index is 4.02. The lowest BCUT2D eigenvalue weighted by atomic mass is 10.3. The van der Waals surface area contributed by atoms with Crippen molar-refractivity contribution in [1.29, 1.82) is 0 Å². The molecule has 0 aromatic rings. The van der Waals surface area contributed by atoms with Gasteiger partial charge in [0.2, 0.25) is 0 Å². The second kappa shape index (κ2) is 9.00. The first-order valence-corrected chi connectivity index (χ1v) is 10.2. The molecule has 0 aromatic carbocycles. The van der Waals surface area contributed by atoms with Crippen LogP contribution in [0.1, 0.15) is 40.0 Å². The van der Waals surface area contributed by atoms with Gasteiger partial charge in [-0.3, -0.25) is 4.90 Å². The van der Waals surface area contributed by atoms with Gasteiger partial charge in [0.15, 0.2) is 0 Å². The number of hydrogen-bond acceptors (Lipinski definition) is 1. The SMILES string of the molecule is CCCN(CC=C[Si](C)(C)CCC)CCC. The van der Waals surface area contributed by atoms with E-state index >= 15 is 0 Å². The average molecular weight is 241 g/mol. The van der Waals surface area contributed by atoms with E-state index in [-0.39, 0.29) is 0 Å². The van der Waals surface area contributed by atoms with Crippen LogP contribution in [0.3, 0.4) is 0 Å². The molecule has 0 aliphatic heterocycles. The summed E-state index contributed by atoms with van der Waals surface area (Å²) in [7, 11) is -1.02. The molecule has 0 aliphatic carbocycles. The fourth-order valence-corrected chi connectivity index (χ4v) is 4.37. The zero-order chi connectivity index (χ0) is 12.4. The molecule has 96 valence electrons. The Bertz CT molecular complexity index is 181. The second-order valence-electron chi connectivity index (χ2n) is 5.44. The van der Waals surface area contributed by atoms with Crippen LogP contribution in [0.25, 0.3) is 0 Å². The highest BCUT2D eigenvalue weighted by Gasteiger charge is 2.14. The summed E-state index contributed by atoms with van der Waals surface area (Å²) in [5.41, 5.74) is 2.54. The highest BCUT2D eigenvalue weighted by Crippen LogP contribution is 2.13. The smallest absolute Gasteiger partial charge is 0.0713 e. The summed E-state index contributed by atoms with van der Waals surface area (Å²) in [6.07, 6.45) is 6.29. The molecule has 0 spiro atoms. The summed E-state index contributed by atoms with van der Waals surface area (Å²) in [6, 6.07) is 1.42. The maximum absolute atomic E-state index is 2.56. The standard InChI is InChI=1S/C14H31NSi/c1-6-10-15(11-7-2)12-9-14-16(4,5)13-8-3/h9,14H,6-8,10-13H2,1-5H3. The molecule has 1 nitrogen and oxygen atoms in total. The maximum Gasteiger partial charge on any atom is 0.0713 e. The first-order valence-electron chi connectivity index (χ1n) is 6.95. The van der Waals surface area contributed by atoms with Gasteiger partial charge in [-0.2, -0.15) is 0 Å². The van der Waals surface area contributed by atoms with Crippen LogP contribution < -0.4 is 0 Å². The van der Waals surface area contributed by atoms with Crippen molar-refractivity contribution in [2.24, 2.45) is 0 Å². The first-order chi connectivity index (χ1) is 7.55. The minimum absolute atomic E-state index is 1.02. The van der Waals surface area contributed by atoms with E-state index in [1.165, 1.54) is 38.4 Å². The van der Waals surface area contributed by atoms with Crippen LogP contribution in [0.2, 0.25) is 19.1 Å². The van der Waals surface area contributed by atoms with E-state index in [2.05, 4.69) is 50.5 Å². The van der Waals surface area contributed by atoms with Crippen LogP contribution in [0.5, 0.6) is 0 Å². The summed E-state index contributed by atoms with van der Waals surface area (Å²) in [4.78, 5) is 2.56. The molecule has 0 unspecified atom stereocenters. The molecule has 0 N–H and O–H groups in total. The summed E-state index contributed by atoms with van der Waals surface area (Å²) < 4.78 is 0. The van der Waals surface area contributed by atoms with Crippen LogP contribution in [-0.4, -0.2) is 32.6 Å². The zero-order valence-corrected chi connectivity index (χ0v) is 13.1. The van der Waals surface area contributed by atoms with Crippen LogP contribution >= 0.6 is 0 Å². The highest BCUT2D eigenvalue weighted by atomic mass is 28.3. The van der Waals surface area contributed by atoms with Gasteiger partial charge in [0.1, 0.15) is 0 Å². The monoisotopic (exact) mass is 241 g/mol. The van der Waals surface area contributed by atoms with E-state index in [0.717, 1.165) is 6.54 Å². The Morgan fingerprint density at radius 1 is 0.938 bits per heavy atom. The Morgan fingerprint density at radius 2 is 1.50 bits per heavy atom. The van der Waals surface area contributed by atoms with Gasteiger partial charge in [-0.15, -0.1) is 0 Å². The van der Waals surface area contributed by atoms with E-state index in [1.54, 1.807) is 0 Å². The summed E-state index contributed by atoms with van der Waals surface area (Å²) >= 11 is 0. The van der Waals surface area contributed by atoms with E-state index < -0.39 is 8.07 Å². The Morgan fingerprint density at radius 3 is 1.94 bits per heavy atom. The molecule has 0 atom stereocenters. The Hall–Kier alpha value is -0.0831. The molecule has 0 saturated carbocycles. The van der Waals surface area contributed by atoms with Crippen molar-refractivity contribution in [3.05, 3.63) is 11.8 Å². The summed E-state index contributed by atoms with van der Waals surface area (Å²) in [6.45, 7) is 15.4. The van der Waals surface area contributed by atoms with Gasteiger partial charge >= 0.3 is 0 Å². The quantitative estimate of drug-likeness (QED) is 0.543. The zero-order valence-electron chi connectivity index (χ0n) is 12.1. The summed E-state index contributed by atoms with van der Waals surface area (Å²) in [5, 5.41) is 0.